The summed E-state index contributed by atoms with van der Waals surface area (Å²) in [5, 5.41) is 2.94. The van der Waals surface area contributed by atoms with Crippen molar-refractivity contribution in [1.29, 1.82) is 0 Å². The van der Waals surface area contributed by atoms with E-state index in [9.17, 15) is 4.79 Å². The Morgan fingerprint density at radius 1 is 0.609 bits per heavy atom. The smallest absolute Gasteiger partial charge is 0.232 e. The van der Waals surface area contributed by atoms with E-state index in [0.29, 0.717) is 0 Å². The molecule has 3 aromatic rings. The van der Waals surface area contributed by atoms with E-state index in [1.54, 1.807) is 0 Å². The van der Waals surface area contributed by atoms with Crippen LogP contribution in [0.25, 0.3) is 0 Å². The van der Waals surface area contributed by atoms with Crippen LogP contribution in [-0.2, 0) is 19.5 Å². The van der Waals surface area contributed by atoms with Crippen molar-refractivity contribution in [2.24, 2.45) is 0 Å². The van der Waals surface area contributed by atoms with Crippen LogP contribution in [0.15, 0.2) is 91.0 Å². The van der Waals surface area contributed by atoms with Gasteiger partial charge in [0.25, 0.3) is 0 Å². The van der Waals surface area contributed by atoms with Gasteiger partial charge in [-0.3, -0.25) is 0 Å². The molecular formula is C19H15ClOPRu+. The summed E-state index contributed by atoms with van der Waals surface area (Å²) < 4.78 is 0. The number of halogens is 1. The van der Waals surface area contributed by atoms with E-state index in [0.717, 1.165) is 15.9 Å². The molecule has 0 N–H and O–H groups in total. The predicted molar refractivity (Wildman–Crippen MR) is 96.4 cm³/mol. The largest absolute Gasteiger partial charge is 0.373 e. The van der Waals surface area contributed by atoms with Gasteiger partial charge < -0.3 is 0 Å². The van der Waals surface area contributed by atoms with Gasteiger partial charge >= 0.3 is 4.98 Å². The van der Waals surface area contributed by atoms with Crippen LogP contribution in [0, 0.1) is 0 Å². The maximum Gasteiger partial charge on any atom is 0.373 e. The standard InChI is InChI=1S/C19H15ClOP.Ru/c20-19(21)22(16-10-4-1-5-11-16,17-12-6-2-7-13-17)18-14-8-3-9-15-18;/h1-15H;/q+1;. The predicted octanol–water partition coefficient (Wildman–Crippen LogP) is 4.34. The van der Waals surface area contributed by atoms with Crippen LogP contribution in [0.2, 0.25) is 0 Å². The second-order valence-corrected chi connectivity index (χ2v) is 8.83. The first-order chi connectivity index (χ1) is 10.8. The maximum absolute atomic E-state index is 12.7. The number of carbonyl (C=O) groups is 1. The third kappa shape index (κ3) is 3.31. The Morgan fingerprint density at radius 2 is 0.870 bits per heavy atom. The Labute approximate surface area is 154 Å². The number of benzene rings is 3. The van der Waals surface area contributed by atoms with Gasteiger partial charge in [0.2, 0.25) is 0 Å². The monoisotopic (exact) mass is 427 g/mol. The Bertz CT molecular complexity index is 666. The molecule has 0 unspecified atom stereocenters. The average molecular weight is 427 g/mol. The van der Waals surface area contributed by atoms with Crippen molar-refractivity contribution in [2.75, 3.05) is 0 Å². The molecule has 0 aromatic heterocycles. The van der Waals surface area contributed by atoms with E-state index in [-0.39, 0.29) is 24.5 Å². The first-order valence-electron chi connectivity index (χ1n) is 7.02. The normalized spacial score (nSPS) is 10.7. The van der Waals surface area contributed by atoms with Crippen LogP contribution in [0.5, 0.6) is 0 Å². The molecule has 0 heterocycles. The summed E-state index contributed by atoms with van der Waals surface area (Å²) in [4.78, 5) is 12.4. The first kappa shape index (κ1) is 18.0. The second kappa shape index (κ2) is 7.98. The molecule has 0 amide bonds. The zero-order valence-corrected chi connectivity index (χ0v) is 15.6. The minimum atomic E-state index is -2.50. The van der Waals surface area contributed by atoms with Crippen molar-refractivity contribution >= 4 is 39.8 Å². The third-order valence-electron chi connectivity index (χ3n) is 3.69. The van der Waals surface area contributed by atoms with Gasteiger partial charge in [-0.1, -0.05) is 54.6 Å². The van der Waals surface area contributed by atoms with Crippen molar-refractivity contribution in [3.05, 3.63) is 91.0 Å². The fourth-order valence-corrected chi connectivity index (χ4v) is 6.95. The van der Waals surface area contributed by atoms with Crippen LogP contribution in [0.4, 0.5) is 4.79 Å². The zero-order valence-electron chi connectivity index (χ0n) is 12.2. The third-order valence-corrected chi connectivity index (χ3v) is 8.20. The van der Waals surface area contributed by atoms with Crippen molar-refractivity contribution in [2.45, 2.75) is 0 Å². The summed E-state index contributed by atoms with van der Waals surface area (Å²) in [6, 6.07) is 29.5. The number of carbonyl (C=O) groups excluding carboxylic acids is 1. The SMILES string of the molecule is O=C(Cl)[P+](c1ccccc1)(c1ccccc1)c1ccccc1.[Ru]. The van der Waals surface area contributed by atoms with Gasteiger partial charge in [0.15, 0.2) is 7.26 Å². The van der Waals surface area contributed by atoms with E-state index in [4.69, 9.17) is 11.6 Å². The quantitative estimate of drug-likeness (QED) is 0.345. The molecule has 116 valence electrons. The fourth-order valence-electron chi connectivity index (χ4n) is 2.71. The van der Waals surface area contributed by atoms with Gasteiger partial charge in [0, 0.05) is 31.1 Å². The molecule has 3 rings (SSSR count). The summed E-state index contributed by atoms with van der Waals surface area (Å²) in [7, 11) is -2.50. The summed E-state index contributed by atoms with van der Waals surface area (Å²) in [5.74, 6) is 0. The van der Waals surface area contributed by atoms with Crippen molar-refractivity contribution in [3.63, 3.8) is 0 Å². The molecule has 3 aromatic carbocycles. The van der Waals surface area contributed by atoms with Crippen molar-refractivity contribution in [1.82, 2.24) is 0 Å². The van der Waals surface area contributed by atoms with Crippen LogP contribution in [-0.4, -0.2) is 4.98 Å². The Kier molecular flexibility index (Phi) is 6.25. The average Bonchev–Trinajstić information content (AvgIpc) is 2.58. The first-order valence-corrected chi connectivity index (χ1v) is 9.19. The molecule has 0 spiro atoms. The number of rotatable bonds is 4. The zero-order chi connectivity index (χ0) is 15.4. The molecular weight excluding hydrogens is 412 g/mol. The number of hydrogen-bond acceptors (Lipinski definition) is 1. The van der Waals surface area contributed by atoms with E-state index in [2.05, 4.69) is 0 Å². The second-order valence-electron chi connectivity index (χ2n) is 4.93. The molecule has 1 nitrogen and oxygen atoms in total. The fraction of sp³-hybridized carbons (Fsp3) is 0. The summed E-state index contributed by atoms with van der Waals surface area (Å²) in [6.45, 7) is 0. The summed E-state index contributed by atoms with van der Waals surface area (Å²) in [6.07, 6.45) is 0. The molecule has 0 atom stereocenters. The van der Waals surface area contributed by atoms with E-state index >= 15 is 0 Å². The van der Waals surface area contributed by atoms with Crippen LogP contribution in [0.1, 0.15) is 0 Å². The van der Waals surface area contributed by atoms with Crippen LogP contribution in [0.3, 0.4) is 0 Å². The molecule has 23 heavy (non-hydrogen) atoms. The molecule has 0 bridgehead atoms. The summed E-state index contributed by atoms with van der Waals surface area (Å²) in [5.41, 5.74) is 0. The van der Waals surface area contributed by atoms with Crippen molar-refractivity contribution in [3.8, 4) is 0 Å². The minimum Gasteiger partial charge on any atom is -0.232 e. The van der Waals surface area contributed by atoms with Crippen LogP contribution < -0.4 is 15.9 Å². The Balaban J connectivity index is 0.00000192. The van der Waals surface area contributed by atoms with Gasteiger partial charge in [-0.15, -0.1) is 0 Å². The molecule has 0 aliphatic rings. The van der Waals surface area contributed by atoms with Gasteiger partial charge in [0.05, 0.1) is 0 Å². The van der Waals surface area contributed by atoms with Gasteiger partial charge in [-0.25, -0.2) is 4.79 Å². The molecule has 0 aliphatic heterocycles. The molecule has 4 heteroatoms. The van der Waals surface area contributed by atoms with Crippen molar-refractivity contribution < 1.29 is 24.3 Å². The summed E-state index contributed by atoms with van der Waals surface area (Å²) >= 11 is 6.21. The molecule has 0 radical (unpaired) electrons. The molecule has 0 saturated carbocycles. The van der Waals surface area contributed by atoms with Gasteiger partial charge in [0.1, 0.15) is 15.9 Å². The number of hydrogen-bond donors (Lipinski definition) is 0. The van der Waals surface area contributed by atoms with Gasteiger partial charge in [-0.05, 0) is 36.4 Å². The topological polar surface area (TPSA) is 17.1 Å². The molecule has 0 fully saturated rings. The van der Waals surface area contributed by atoms with E-state index < -0.39 is 7.26 Å². The van der Waals surface area contributed by atoms with Crippen LogP contribution >= 0.6 is 18.9 Å². The minimum absolute atomic E-state index is 0. The Morgan fingerprint density at radius 3 is 1.09 bits per heavy atom. The molecule has 0 aliphatic carbocycles. The maximum atomic E-state index is 12.7. The van der Waals surface area contributed by atoms with E-state index in [1.165, 1.54) is 0 Å². The van der Waals surface area contributed by atoms with Gasteiger partial charge in [-0.2, -0.15) is 0 Å². The molecule has 0 saturated heterocycles. The van der Waals surface area contributed by atoms with E-state index in [1.807, 2.05) is 91.0 Å². The Hall–Kier alpha value is -1.33.